The predicted molar refractivity (Wildman–Crippen MR) is 144 cm³/mol. The molecule has 0 radical (unpaired) electrons. The van der Waals surface area contributed by atoms with E-state index in [0.29, 0.717) is 26.1 Å². The molecule has 1 aromatic carbocycles. The van der Waals surface area contributed by atoms with Crippen molar-refractivity contribution in [2.24, 2.45) is 34.0 Å². The number of nitrogens with zero attached hydrogens (tertiary/aromatic N) is 1. The molecule has 1 aromatic rings. The summed E-state index contributed by atoms with van der Waals surface area (Å²) in [6.45, 7) is 15.6. The lowest BCUT2D eigenvalue weighted by Gasteiger charge is -2.61. The lowest BCUT2D eigenvalue weighted by atomic mass is 9.44. The van der Waals surface area contributed by atoms with Crippen molar-refractivity contribution >= 4 is 17.5 Å². The number of allylic oxidation sites excluding steroid dienone is 1. The summed E-state index contributed by atoms with van der Waals surface area (Å²) >= 11 is 0. The Morgan fingerprint density at radius 2 is 1.83 bits per heavy atom. The second kappa shape index (κ2) is 9.11. The molecule has 3 aliphatic carbocycles. The fourth-order valence-electron chi connectivity index (χ4n) is 8.24. The molecule has 5 nitrogen and oxygen atoms in total. The van der Waals surface area contributed by atoms with Gasteiger partial charge in [-0.15, -0.1) is 6.58 Å². The maximum atomic E-state index is 14.4. The molecule has 3 saturated carbocycles. The molecule has 36 heavy (non-hydrogen) atoms. The number of carbonyl (C=O) groups is 1. The monoisotopic (exact) mass is 493 g/mol. The van der Waals surface area contributed by atoms with Crippen molar-refractivity contribution in [3.63, 3.8) is 0 Å². The summed E-state index contributed by atoms with van der Waals surface area (Å²) in [5, 5.41) is 23.4. The average molecular weight is 494 g/mol. The van der Waals surface area contributed by atoms with Crippen LogP contribution in [0.3, 0.4) is 0 Å². The molecular formula is C31H43NO4. The summed E-state index contributed by atoms with van der Waals surface area (Å²) in [5.74, 6) is -0.00840. The van der Waals surface area contributed by atoms with Gasteiger partial charge in [0.1, 0.15) is 0 Å². The Labute approximate surface area is 216 Å². The van der Waals surface area contributed by atoms with Crippen LogP contribution in [0.5, 0.6) is 0 Å². The molecule has 2 bridgehead atoms. The van der Waals surface area contributed by atoms with Gasteiger partial charge in [0.2, 0.25) is 0 Å². The third kappa shape index (κ3) is 3.65. The average Bonchev–Trinajstić information content (AvgIpc) is 3.18. The zero-order valence-electron chi connectivity index (χ0n) is 22.4. The van der Waals surface area contributed by atoms with Crippen molar-refractivity contribution in [1.29, 1.82) is 0 Å². The normalized spacial score (nSPS) is 44.2. The SMILES string of the molecule is C=C[C@]1(C)C[C@@H](O)[C@]2(C)[C@H](C)CC[C@]3(C/C(=C\c4ccccc4N4CCOCC4)C(=O)[C@H]32)[C@@H](C)[C@@H]1O. The quantitative estimate of drug-likeness (QED) is 0.464. The Morgan fingerprint density at radius 1 is 1.14 bits per heavy atom. The Bertz CT molecular complexity index is 1060. The molecule has 1 saturated heterocycles. The zero-order chi connectivity index (χ0) is 25.9. The van der Waals surface area contributed by atoms with E-state index in [2.05, 4.69) is 56.5 Å². The van der Waals surface area contributed by atoms with E-state index in [1.807, 2.05) is 19.1 Å². The Balaban J connectivity index is 1.63. The molecule has 8 atom stereocenters. The van der Waals surface area contributed by atoms with Crippen molar-refractivity contribution in [2.45, 2.75) is 65.6 Å². The van der Waals surface area contributed by atoms with Crippen molar-refractivity contribution in [2.75, 3.05) is 31.2 Å². The molecule has 4 aliphatic rings. The molecule has 0 aromatic heterocycles. The van der Waals surface area contributed by atoms with Gasteiger partial charge in [-0.25, -0.2) is 0 Å². The predicted octanol–water partition coefficient (Wildman–Crippen LogP) is 4.87. The number of rotatable bonds is 3. The summed E-state index contributed by atoms with van der Waals surface area (Å²) in [7, 11) is 0. The van der Waals surface area contributed by atoms with Crippen LogP contribution in [0, 0.1) is 34.0 Å². The van der Waals surface area contributed by atoms with Crippen LogP contribution in [-0.2, 0) is 9.53 Å². The van der Waals surface area contributed by atoms with Gasteiger partial charge in [-0.2, -0.15) is 0 Å². The molecule has 2 N–H and O–H groups in total. The number of hydrogen-bond donors (Lipinski definition) is 2. The molecule has 4 fully saturated rings. The standard InChI is InChI=1S/C31H43NO4/c1-6-29(4)19-25(33)30(5)20(2)11-12-31(21(3)28(29)35)18-23(26(34)27(30)31)17-22-9-7-8-10-24(22)32-13-15-36-16-14-32/h6-10,17,20-21,25,27-28,33,35H,1,11-16,18-19H2,2-5H3/b23-17+/t20-,21+,25-,27+,28+,29-,30+,31+/m1/s1. The van der Waals surface area contributed by atoms with Crippen LogP contribution in [0.4, 0.5) is 5.69 Å². The summed E-state index contributed by atoms with van der Waals surface area (Å²) in [5.41, 5.74) is 1.52. The van der Waals surface area contributed by atoms with Gasteiger partial charge in [0.15, 0.2) is 5.78 Å². The molecule has 5 heteroatoms. The Morgan fingerprint density at radius 3 is 2.53 bits per heavy atom. The minimum atomic E-state index is -0.689. The first-order chi connectivity index (χ1) is 17.1. The molecule has 1 heterocycles. The molecule has 1 aliphatic heterocycles. The first-order valence-corrected chi connectivity index (χ1v) is 13.7. The number of aliphatic hydroxyl groups excluding tert-OH is 2. The minimum absolute atomic E-state index is 0.0887. The van der Waals surface area contributed by atoms with Crippen LogP contribution < -0.4 is 4.90 Å². The van der Waals surface area contributed by atoms with E-state index in [0.717, 1.165) is 42.8 Å². The number of hydrogen-bond acceptors (Lipinski definition) is 5. The van der Waals surface area contributed by atoms with E-state index in [-0.39, 0.29) is 29.0 Å². The highest BCUT2D eigenvalue weighted by molar-refractivity contribution is 6.05. The summed E-state index contributed by atoms with van der Waals surface area (Å²) in [4.78, 5) is 16.7. The van der Waals surface area contributed by atoms with Gasteiger partial charge in [0, 0.05) is 35.5 Å². The number of benzene rings is 1. The second-order valence-corrected chi connectivity index (χ2v) is 12.5. The van der Waals surface area contributed by atoms with Crippen molar-refractivity contribution < 1.29 is 19.7 Å². The fraction of sp³-hybridized carbons (Fsp3) is 0.645. The van der Waals surface area contributed by atoms with Crippen LogP contribution in [0.1, 0.15) is 58.9 Å². The van der Waals surface area contributed by atoms with Gasteiger partial charge in [-0.05, 0) is 66.2 Å². The van der Waals surface area contributed by atoms with E-state index >= 15 is 0 Å². The number of para-hydroxylation sites is 1. The highest BCUT2D eigenvalue weighted by atomic mass is 16.5. The number of carbonyl (C=O) groups excluding carboxylic acids is 1. The second-order valence-electron chi connectivity index (χ2n) is 12.5. The lowest BCUT2D eigenvalue weighted by Crippen LogP contribution is -2.62. The van der Waals surface area contributed by atoms with E-state index in [4.69, 9.17) is 4.74 Å². The smallest absolute Gasteiger partial charge is 0.163 e. The van der Waals surface area contributed by atoms with Gasteiger partial charge in [-0.3, -0.25) is 4.79 Å². The van der Waals surface area contributed by atoms with Crippen LogP contribution in [0.25, 0.3) is 6.08 Å². The van der Waals surface area contributed by atoms with Crippen LogP contribution >= 0.6 is 0 Å². The van der Waals surface area contributed by atoms with E-state index < -0.39 is 23.0 Å². The summed E-state index contributed by atoms with van der Waals surface area (Å²) in [6.07, 6.45) is 5.48. The van der Waals surface area contributed by atoms with Crippen molar-refractivity contribution in [1.82, 2.24) is 0 Å². The largest absolute Gasteiger partial charge is 0.392 e. The molecule has 0 spiro atoms. The third-order valence-corrected chi connectivity index (χ3v) is 10.9. The molecule has 0 unspecified atom stereocenters. The Kier molecular flexibility index (Phi) is 6.50. The van der Waals surface area contributed by atoms with Gasteiger partial charge in [-0.1, -0.05) is 52.0 Å². The van der Waals surface area contributed by atoms with E-state index in [9.17, 15) is 15.0 Å². The summed E-state index contributed by atoms with van der Waals surface area (Å²) < 4.78 is 5.56. The number of anilines is 1. The maximum absolute atomic E-state index is 14.4. The summed E-state index contributed by atoms with van der Waals surface area (Å²) in [6, 6.07) is 8.31. The fourth-order valence-corrected chi connectivity index (χ4v) is 8.24. The van der Waals surface area contributed by atoms with Crippen molar-refractivity contribution in [3.8, 4) is 0 Å². The highest BCUT2D eigenvalue weighted by Gasteiger charge is 2.68. The van der Waals surface area contributed by atoms with Gasteiger partial charge in [0.25, 0.3) is 0 Å². The van der Waals surface area contributed by atoms with Gasteiger partial charge in [0.05, 0.1) is 25.4 Å². The van der Waals surface area contributed by atoms with Crippen molar-refractivity contribution in [3.05, 3.63) is 48.1 Å². The van der Waals surface area contributed by atoms with Gasteiger partial charge >= 0.3 is 0 Å². The molecule has 0 amide bonds. The first-order valence-electron chi connectivity index (χ1n) is 13.7. The lowest BCUT2D eigenvalue weighted by molar-refractivity contribution is -0.191. The molecule has 5 rings (SSSR count). The third-order valence-electron chi connectivity index (χ3n) is 10.9. The highest BCUT2D eigenvalue weighted by Crippen LogP contribution is 2.68. The Hall–Kier alpha value is -1.95. The van der Waals surface area contributed by atoms with E-state index in [1.54, 1.807) is 0 Å². The molecular weight excluding hydrogens is 450 g/mol. The first kappa shape index (κ1) is 25.7. The van der Waals surface area contributed by atoms with Gasteiger partial charge < -0.3 is 19.8 Å². The number of morpholine rings is 1. The number of ether oxygens (including phenoxy) is 1. The maximum Gasteiger partial charge on any atom is 0.163 e. The van der Waals surface area contributed by atoms with Crippen LogP contribution in [0.2, 0.25) is 0 Å². The topological polar surface area (TPSA) is 70.0 Å². The number of Topliss-reactive ketones (excluding diaryl/α,β-unsaturated/α-hetero) is 1. The zero-order valence-corrected chi connectivity index (χ0v) is 22.4. The minimum Gasteiger partial charge on any atom is -0.392 e. The molecule has 196 valence electrons. The number of ketones is 1. The van der Waals surface area contributed by atoms with Crippen LogP contribution in [0.15, 0.2) is 42.5 Å². The number of aliphatic hydroxyl groups is 2. The van der Waals surface area contributed by atoms with Crippen LogP contribution in [-0.4, -0.2) is 54.5 Å². The van der Waals surface area contributed by atoms with E-state index in [1.165, 1.54) is 0 Å².